The number of para-hydroxylation sites is 1. The van der Waals surface area contributed by atoms with Crippen LogP contribution in [-0.4, -0.2) is 23.5 Å². The van der Waals surface area contributed by atoms with Gasteiger partial charge >= 0.3 is 5.97 Å². The Kier molecular flexibility index (Phi) is 4.43. The molecule has 27 heavy (non-hydrogen) atoms. The maximum Gasteiger partial charge on any atom is 0.339 e. The number of carbonyl (C=O) groups is 2. The molecule has 134 valence electrons. The number of nitrogens with one attached hydrogen (secondary N) is 1. The Bertz CT molecular complexity index is 1130. The molecular weight excluding hydrogens is 362 g/mol. The van der Waals surface area contributed by atoms with Gasteiger partial charge in [-0.2, -0.15) is 0 Å². The fraction of sp³-hybridized carbons (Fsp3) is 0.0500. The van der Waals surface area contributed by atoms with Crippen molar-refractivity contribution in [3.63, 3.8) is 0 Å². The van der Waals surface area contributed by atoms with Gasteiger partial charge in [0.1, 0.15) is 0 Å². The van der Waals surface area contributed by atoms with E-state index >= 15 is 0 Å². The summed E-state index contributed by atoms with van der Waals surface area (Å²) in [5.41, 5.74) is 7.62. The maximum atomic E-state index is 12.4. The van der Waals surface area contributed by atoms with E-state index in [1.165, 1.54) is 11.3 Å². The molecule has 6 nitrogen and oxygen atoms in total. The molecule has 0 atom stereocenters. The van der Waals surface area contributed by atoms with Crippen molar-refractivity contribution < 1.29 is 14.3 Å². The summed E-state index contributed by atoms with van der Waals surface area (Å²) >= 11 is 1.36. The number of carbonyl (C=O) groups excluding carboxylic acids is 2. The summed E-state index contributed by atoms with van der Waals surface area (Å²) in [5.74, 6) is -1.05. The van der Waals surface area contributed by atoms with Gasteiger partial charge in [0.05, 0.1) is 15.8 Å². The second-order valence-electron chi connectivity index (χ2n) is 5.86. The van der Waals surface area contributed by atoms with Crippen LogP contribution in [0.2, 0.25) is 0 Å². The van der Waals surface area contributed by atoms with Gasteiger partial charge in [-0.05, 0) is 29.7 Å². The molecule has 0 aliphatic heterocycles. The molecule has 0 unspecified atom stereocenters. The van der Waals surface area contributed by atoms with Crippen LogP contribution in [0.25, 0.3) is 21.0 Å². The Morgan fingerprint density at radius 1 is 1.04 bits per heavy atom. The molecule has 0 aliphatic carbocycles. The quantitative estimate of drug-likeness (QED) is 0.416. The zero-order valence-corrected chi connectivity index (χ0v) is 15.0. The molecular formula is C20H15N3O3S. The van der Waals surface area contributed by atoms with E-state index in [1.54, 1.807) is 18.2 Å². The molecule has 3 aromatic carbocycles. The average Bonchev–Trinajstić information content (AvgIpc) is 3.08. The summed E-state index contributed by atoms with van der Waals surface area (Å²) in [6.45, 7) is -0.405. The van der Waals surface area contributed by atoms with Gasteiger partial charge in [0.25, 0.3) is 5.91 Å². The molecule has 7 heteroatoms. The van der Waals surface area contributed by atoms with Gasteiger partial charge in [-0.1, -0.05) is 47.7 Å². The Morgan fingerprint density at radius 2 is 1.81 bits per heavy atom. The third-order valence-electron chi connectivity index (χ3n) is 4.03. The first kappa shape index (κ1) is 17.0. The number of anilines is 2. The van der Waals surface area contributed by atoms with E-state index in [2.05, 4.69) is 10.3 Å². The Morgan fingerprint density at radius 3 is 2.63 bits per heavy atom. The van der Waals surface area contributed by atoms with Crippen LogP contribution < -0.4 is 11.1 Å². The minimum Gasteiger partial charge on any atom is -0.452 e. The lowest BCUT2D eigenvalue weighted by molar-refractivity contribution is -0.119. The van der Waals surface area contributed by atoms with Gasteiger partial charge in [0.2, 0.25) is 0 Å². The molecule has 0 saturated carbocycles. The lowest BCUT2D eigenvalue weighted by atomic mass is 10.0. The van der Waals surface area contributed by atoms with Gasteiger partial charge in [0.15, 0.2) is 11.7 Å². The highest BCUT2D eigenvalue weighted by Gasteiger charge is 2.15. The second-order valence-corrected chi connectivity index (χ2v) is 6.89. The van der Waals surface area contributed by atoms with Crippen molar-refractivity contribution in [2.24, 2.45) is 0 Å². The van der Waals surface area contributed by atoms with Crippen LogP contribution in [0.3, 0.4) is 0 Å². The average molecular weight is 377 g/mol. The van der Waals surface area contributed by atoms with E-state index in [-0.39, 0.29) is 0 Å². The van der Waals surface area contributed by atoms with E-state index in [9.17, 15) is 9.59 Å². The smallest absolute Gasteiger partial charge is 0.339 e. The number of nitrogens with zero attached hydrogens (tertiary/aromatic N) is 1. The molecule has 1 amide bonds. The highest BCUT2D eigenvalue weighted by Crippen LogP contribution is 2.26. The summed E-state index contributed by atoms with van der Waals surface area (Å²) in [5, 5.41) is 4.58. The molecule has 4 rings (SSSR count). The van der Waals surface area contributed by atoms with Crippen molar-refractivity contribution in [2.45, 2.75) is 0 Å². The lowest BCUT2D eigenvalue weighted by Crippen LogP contribution is -2.21. The van der Waals surface area contributed by atoms with Crippen molar-refractivity contribution in [3.05, 3.63) is 66.2 Å². The van der Waals surface area contributed by atoms with Crippen molar-refractivity contribution in [1.29, 1.82) is 0 Å². The van der Waals surface area contributed by atoms with Crippen LogP contribution >= 0.6 is 11.3 Å². The SMILES string of the molecule is Nc1cccc2cccc(C(=O)OCC(=O)Nc3nc4ccccc4s3)c12. The second kappa shape index (κ2) is 7.05. The van der Waals surface area contributed by atoms with Crippen molar-refractivity contribution in [1.82, 2.24) is 4.98 Å². The molecule has 0 fully saturated rings. The Hall–Kier alpha value is -3.45. The molecule has 1 aromatic heterocycles. The Balaban J connectivity index is 1.45. The largest absolute Gasteiger partial charge is 0.452 e. The molecule has 1 heterocycles. The number of hydrogen-bond donors (Lipinski definition) is 2. The number of fused-ring (bicyclic) bond motifs is 2. The zero-order valence-electron chi connectivity index (χ0n) is 14.1. The molecule has 0 aliphatic rings. The highest BCUT2D eigenvalue weighted by atomic mass is 32.1. The van der Waals surface area contributed by atoms with Crippen molar-refractivity contribution in [3.8, 4) is 0 Å². The van der Waals surface area contributed by atoms with Crippen molar-refractivity contribution >= 4 is 55.0 Å². The normalized spacial score (nSPS) is 10.8. The summed E-state index contributed by atoms with van der Waals surface area (Å²) in [4.78, 5) is 28.9. The Labute approximate surface area is 158 Å². The number of rotatable bonds is 4. The zero-order chi connectivity index (χ0) is 18.8. The van der Waals surface area contributed by atoms with Gasteiger partial charge in [0, 0.05) is 11.1 Å². The van der Waals surface area contributed by atoms with Crippen LogP contribution in [-0.2, 0) is 9.53 Å². The van der Waals surface area contributed by atoms with Crippen LogP contribution in [0.4, 0.5) is 10.8 Å². The number of amides is 1. The van der Waals surface area contributed by atoms with Crippen molar-refractivity contribution in [2.75, 3.05) is 17.7 Å². The minimum atomic E-state index is -0.599. The molecule has 0 spiro atoms. The third kappa shape index (κ3) is 3.45. The number of nitrogen functional groups attached to an aromatic ring is 1. The number of hydrogen-bond acceptors (Lipinski definition) is 6. The first-order chi connectivity index (χ1) is 13.1. The number of benzene rings is 3. The number of ether oxygens (including phenoxy) is 1. The third-order valence-corrected chi connectivity index (χ3v) is 4.98. The number of nitrogens with two attached hydrogens (primary N) is 1. The summed E-state index contributed by atoms with van der Waals surface area (Å²) in [6, 6.07) is 18.2. The predicted molar refractivity (Wildman–Crippen MR) is 107 cm³/mol. The highest BCUT2D eigenvalue weighted by molar-refractivity contribution is 7.22. The fourth-order valence-electron chi connectivity index (χ4n) is 2.83. The van der Waals surface area contributed by atoms with Crippen LogP contribution in [0.15, 0.2) is 60.7 Å². The van der Waals surface area contributed by atoms with Crippen LogP contribution in [0, 0.1) is 0 Å². The fourth-order valence-corrected chi connectivity index (χ4v) is 3.71. The topological polar surface area (TPSA) is 94.3 Å². The number of esters is 1. The monoisotopic (exact) mass is 377 g/mol. The van der Waals surface area contributed by atoms with E-state index in [0.717, 1.165) is 15.6 Å². The van der Waals surface area contributed by atoms with Gasteiger partial charge < -0.3 is 10.5 Å². The van der Waals surface area contributed by atoms with E-state index in [0.29, 0.717) is 21.8 Å². The summed E-state index contributed by atoms with van der Waals surface area (Å²) < 4.78 is 6.14. The summed E-state index contributed by atoms with van der Waals surface area (Å²) in [7, 11) is 0. The standard InChI is InChI=1S/C20H15N3O3S/c21-14-8-4-6-12-5-3-7-13(18(12)14)19(25)26-11-17(24)23-20-22-15-9-1-2-10-16(15)27-20/h1-10H,11,21H2,(H,22,23,24). The van der Waals surface area contributed by atoms with Gasteiger partial charge in [-0.15, -0.1) is 0 Å². The lowest BCUT2D eigenvalue weighted by Gasteiger charge is -2.09. The van der Waals surface area contributed by atoms with E-state index < -0.39 is 18.5 Å². The van der Waals surface area contributed by atoms with Gasteiger partial charge in [-0.25, -0.2) is 9.78 Å². The first-order valence-corrected chi connectivity index (χ1v) is 9.03. The molecule has 0 bridgehead atoms. The molecule has 3 N–H and O–H groups in total. The first-order valence-electron chi connectivity index (χ1n) is 8.21. The molecule has 4 aromatic rings. The molecule has 0 saturated heterocycles. The van der Waals surface area contributed by atoms with Crippen LogP contribution in [0.5, 0.6) is 0 Å². The maximum absolute atomic E-state index is 12.4. The summed E-state index contributed by atoms with van der Waals surface area (Å²) in [6.07, 6.45) is 0. The van der Waals surface area contributed by atoms with E-state index in [4.69, 9.17) is 10.5 Å². The number of aromatic nitrogens is 1. The minimum absolute atomic E-state index is 0.332. The van der Waals surface area contributed by atoms with E-state index in [1.807, 2.05) is 42.5 Å². The number of thiazole rings is 1. The van der Waals surface area contributed by atoms with Crippen LogP contribution in [0.1, 0.15) is 10.4 Å². The predicted octanol–water partition coefficient (Wildman–Crippen LogP) is 3.83. The van der Waals surface area contributed by atoms with Gasteiger partial charge in [-0.3, -0.25) is 10.1 Å². The molecule has 0 radical (unpaired) electrons.